The number of thioether (sulfide) groups is 1. The first-order valence-corrected chi connectivity index (χ1v) is 9.02. The summed E-state index contributed by atoms with van der Waals surface area (Å²) in [5, 5.41) is 10.4. The number of likely N-dealkylation sites (tertiary alicyclic amines) is 1. The Kier molecular flexibility index (Phi) is 4.64. The summed E-state index contributed by atoms with van der Waals surface area (Å²) in [6.07, 6.45) is 2.11. The average Bonchev–Trinajstić information content (AvgIpc) is 2.54. The Morgan fingerprint density at radius 3 is 3.09 bits per heavy atom. The molecule has 2 aliphatic heterocycles. The van der Waals surface area contributed by atoms with Gasteiger partial charge in [0, 0.05) is 24.4 Å². The third-order valence-corrected chi connectivity index (χ3v) is 5.41. The first-order chi connectivity index (χ1) is 11.0. The van der Waals surface area contributed by atoms with Gasteiger partial charge in [-0.3, -0.25) is 9.79 Å². The molecule has 1 aromatic rings. The summed E-state index contributed by atoms with van der Waals surface area (Å²) >= 11 is 1.57. The zero-order chi connectivity index (χ0) is 16.4. The third kappa shape index (κ3) is 3.53. The fraction of sp³-hybridized carbons (Fsp3) is 0.529. The zero-order valence-electron chi connectivity index (χ0n) is 13.4. The highest BCUT2D eigenvalue weighted by Gasteiger charge is 2.30. The van der Waals surface area contributed by atoms with Crippen molar-refractivity contribution in [1.29, 1.82) is 0 Å². The highest BCUT2D eigenvalue weighted by Crippen LogP contribution is 2.35. The molecule has 2 unspecified atom stereocenters. The molecule has 2 aliphatic rings. The van der Waals surface area contributed by atoms with Gasteiger partial charge >= 0.3 is 0 Å². The number of piperidine rings is 1. The van der Waals surface area contributed by atoms with E-state index in [0.717, 1.165) is 30.6 Å². The Hall–Kier alpha value is -1.53. The second-order valence-electron chi connectivity index (χ2n) is 6.45. The van der Waals surface area contributed by atoms with Gasteiger partial charge in [-0.25, -0.2) is 0 Å². The van der Waals surface area contributed by atoms with E-state index < -0.39 is 6.10 Å². The fourth-order valence-electron chi connectivity index (χ4n) is 3.20. The first kappa shape index (κ1) is 16.3. The number of amides is 1. The minimum absolute atomic E-state index is 0.0173. The van der Waals surface area contributed by atoms with Gasteiger partial charge in [0.1, 0.15) is 0 Å². The first-order valence-electron chi connectivity index (χ1n) is 8.04. The average molecular weight is 333 g/mol. The maximum atomic E-state index is 12.7. The van der Waals surface area contributed by atoms with E-state index in [4.69, 9.17) is 5.73 Å². The summed E-state index contributed by atoms with van der Waals surface area (Å²) in [5.74, 6) is 0.916. The molecule has 3 N–H and O–H groups in total. The SMILES string of the molecule is CC1(c2cccc(C(=O)N3CCCC(O)C3)c2)CCSC(N)=N1. The van der Waals surface area contributed by atoms with E-state index in [1.165, 1.54) is 0 Å². The van der Waals surface area contributed by atoms with Crippen molar-refractivity contribution in [2.45, 2.75) is 37.8 Å². The molecule has 1 aromatic carbocycles. The molecule has 0 aliphatic carbocycles. The molecule has 3 rings (SSSR count). The maximum absolute atomic E-state index is 12.7. The van der Waals surface area contributed by atoms with Crippen LogP contribution in [0.4, 0.5) is 0 Å². The van der Waals surface area contributed by atoms with E-state index in [-0.39, 0.29) is 11.4 Å². The Bertz CT molecular complexity index is 634. The van der Waals surface area contributed by atoms with E-state index >= 15 is 0 Å². The second-order valence-corrected chi connectivity index (χ2v) is 7.57. The van der Waals surface area contributed by atoms with Crippen molar-refractivity contribution in [2.24, 2.45) is 10.7 Å². The largest absolute Gasteiger partial charge is 0.391 e. The fourth-order valence-corrected chi connectivity index (χ4v) is 4.18. The van der Waals surface area contributed by atoms with Crippen LogP contribution >= 0.6 is 11.8 Å². The van der Waals surface area contributed by atoms with Crippen LogP contribution in [0.1, 0.15) is 42.1 Å². The minimum atomic E-state index is -0.409. The van der Waals surface area contributed by atoms with E-state index in [2.05, 4.69) is 11.9 Å². The van der Waals surface area contributed by atoms with Crippen molar-refractivity contribution in [2.75, 3.05) is 18.8 Å². The monoisotopic (exact) mass is 333 g/mol. The summed E-state index contributed by atoms with van der Waals surface area (Å²) < 4.78 is 0. The van der Waals surface area contributed by atoms with E-state index in [1.807, 2.05) is 24.3 Å². The smallest absolute Gasteiger partial charge is 0.253 e. The lowest BCUT2D eigenvalue weighted by atomic mass is 9.88. The molecule has 6 heteroatoms. The van der Waals surface area contributed by atoms with Gasteiger partial charge in [-0.15, -0.1) is 0 Å². The van der Waals surface area contributed by atoms with Crippen LogP contribution in [0, 0.1) is 0 Å². The molecular formula is C17H23N3O2S. The van der Waals surface area contributed by atoms with Crippen LogP contribution in [-0.2, 0) is 5.54 Å². The topological polar surface area (TPSA) is 78.9 Å². The molecule has 2 atom stereocenters. The quantitative estimate of drug-likeness (QED) is 0.867. The Morgan fingerprint density at radius 2 is 2.35 bits per heavy atom. The van der Waals surface area contributed by atoms with Crippen LogP contribution in [-0.4, -0.2) is 46.0 Å². The number of aliphatic imine (C=N–C) groups is 1. The number of nitrogens with zero attached hydrogens (tertiary/aromatic N) is 2. The number of aliphatic hydroxyl groups is 1. The van der Waals surface area contributed by atoms with Gasteiger partial charge in [-0.1, -0.05) is 23.9 Å². The normalized spacial score (nSPS) is 28.3. The molecule has 23 heavy (non-hydrogen) atoms. The molecule has 1 amide bonds. The van der Waals surface area contributed by atoms with Crippen molar-refractivity contribution in [1.82, 2.24) is 4.90 Å². The molecule has 0 spiro atoms. The molecule has 0 bridgehead atoms. The van der Waals surface area contributed by atoms with Crippen molar-refractivity contribution in [3.8, 4) is 0 Å². The second kappa shape index (κ2) is 6.53. The van der Waals surface area contributed by atoms with Crippen LogP contribution in [0.3, 0.4) is 0 Å². The van der Waals surface area contributed by atoms with E-state index in [1.54, 1.807) is 16.7 Å². The number of carbonyl (C=O) groups excluding carboxylic acids is 1. The predicted molar refractivity (Wildman–Crippen MR) is 93.6 cm³/mol. The van der Waals surface area contributed by atoms with Crippen molar-refractivity contribution in [3.63, 3.8) is 0 Å². The number of carbonyl (C=O) groups is 1. The van der Waals surface area contributed by atoms with Gasteiger partial charge in [0.05, 0.1) is 11.6 Å². The summed E-state index contributed by atoms with van der Waals surface area (Å²) in [4.78, 5) is 19.0. The number of aliphatic hydroxyl groups excluding tert-OH is 1. The minimum Gasteiger partial charge on any atom is -0.391 e. The van der Waals surface area contributed by atoms with Gasteiger partial charge in [0.15, 0.2) is 5.17 Å². The maximum Gasteiger partial charge on any atom is 0.253 e. The number of nitrogens with two attached hydrogens (primary N) is 1. The Morgan fingerprint density at radius 1 is 1.52 bits per heavy atom. The lowest BCUT2D eigenvalue weighted by molar-refractivity contribution is 0.0473. The number of rotatable bonds is 2. The van der Waals surface area contributed by atoms with Crippen LogP contribution < -0.4 is 5.73 Å². The highest BCUT2D eigenvalue weighted by atomic mass is 32.2. The number of hydrogen-bond acceptors (Lipinski definition) is 5. The summed E-state index contributed by atoms with van der Waals surface area (Å²) in [7, 11) is 0. The van der Waals surface area contributed by atoms with E-state index in [0.29, 0.717) is 23.8 Å². The number of benzene rings is 1. The molecule has 2 heterocycles. The molecule has 5 nitrogen and oxygen atoms in total. The molecule has 1 fully saturated rings. The van der Waals surface area contributed by atoms with Crippen molar-refractivity contribution >= 4 is 22.8 Å². The van der Waals surface area contributed by atoms with Crippen LogP contribution in [0.5, 0.6) is 0 Å². The lowest BCUT2D eigenvalue weighted by Crippen LogP contribution is -2.42. The predicted octanol–water partition coefficient (Wildman–Crippen LogP) is 1.95. The standard InChI is InChI=1S/C17H23N3O2S/c1-17(7-9-23-16(18)19-17)13-5-2-4-12(10-13)15(22)20-8-3-6-14(21)11-20/h2,4-5,10,14,21H,3,6-9,11H2,1H3,(H2,18,19). The molecule has 0 aromatic heterocycles. The zero-order valence-corrected chi connectivity index (χ0v) is 14.2. The molecular weight excluding hydrogens is 310 g/mol. The van der Waals surface area contributed by atoms with Gasteiger partial charge in [0.2, 0.25) is 0 Å². The Balaban J connectivity index is 1.85. The van der Waals surface area contributed by atoms with Crippen molar-refractivity contribution in [3.05, 3.63) is 35.4 Å². The van der Waals surface area contributed by atoms with Gasteiger partial charge in [-0.2, -0.15) is 0 Å². The van der Waals surface area contributed by atoms with Gasteiger partial charge in [-0.05, 0) is 43.9 Å². The molecule has 124 valence electrons. The number of hydrogen-bond donors (Lipinski definition) is 2. The molecule has 0 radical (unpaired) electrons. The summed E-state index contributed by atoms with van der Waals surface area (Å²) in [6.45, 7) is 3.19. The van der Waals surface area contributed by atoms with Crippen LogP contribution in [0.2, 0.25) is 0 Å². The van der Waals surface area contributed by atoms with Crippen LogP contribution in [0.25, 0.3) is 0 Å². The highest BCUT2D eigenvalue weighted by molar-refractivity contribution is 8.13. The number of β-amino-alcohol motifs (C(OH)–C–C–N with tert-alkyl or cyclic N) is 1. The molecule has 1 saturated heterocycles. The van der Waals surface area contributed by atoms with Gasteiger partial charge in [0.25, 0.3) is 5.91 Å². The summed E-state index contributed by atoms with van der Waals surface area (Å²) in [5.41, 5.74) is 7.19. The van der Waals surface area contributed by atoms with Crippen molar-refractivity contribution < 1.29 is 9.90 Å². The number of amidine groups is 1. The van der Waals surface area contributed by atoms with Gasteiger partial charge < -0.3 is 15.7 Å². The molecule has 0 saturated carbocycles. The summed E-state index contributed by atoms with van der Waals surface area (Å²) in [6, 6.07) is 7.67. The van der Waals surface area contributed by atoms with E-state index in [9.17, 15) is 9.90 Å². The van der Waals surface area contributed by atoms with Crippen LogP contribution in [0.15, 0.2) is 29.3 Å². The Labute approximate surface area is 141 Å². The third-order valence-electron chi connectivity index (χ3n) is 4.61. The lowest BCUT2D eigenvalue weighted by Gasteiger charge is -2.32.